The molecule has 20 heavy (non-hydrogen) atoms. The van der Waals surface area contributed by atoms with E-state index in [4.69, 9.17) is 14.6 Å². The van der Waals surface area contributed by atoms with Gasteiger partial charge in [0.25, 0.3) is 0 Å². The molecule has 0 fully saturated rings. The van der Waals surface area contributed by atoms with Crippen LogP contribution in [0.1, 0.15) is 5.56 Å². The van der Waals surface area contributed by atoms with Crippen molar-refractivity contribution in [3.8, 4) is 11.5 Å². The molecule has 0 aliphatic carbocycles. The predicted molar refractivity (Wildman–Crippen MR) is 77.9 cm³/mol. The van der Waals surface area contributed by atoms with E-state index in [1.165, 1.54) is 14.2 Å². The lowest BCUT2D eigenvalue weighted by atomic mass is 10.1. The van der Waals surface area contributed by atoms with E-state index in [9.17, 15) is 9.59 Å². The number of carboxylic acid groups (broad SMARTS) is 1. The Morgan fingerprint density at radius 2 is 1.80 bits per heavy atom. The zero-order valence-corrected chi connectivity index (χ0v) is 12.4. The number of carbonyl (C=O) groups excluding carboxylic acids is 1. The van der Waals surface area contributed by atoms with E-state index in [0.717, 1.165) is 17.3 Å². The number of hydrogen-bond donors (Lipinski definition) is 2. The number of aliphatic carboxylic acids is 1. The smallest absolute Gasteiger partial charge is 0.313 e. The molecule has 0 spiro atoms. The third kappa shape index (κ3) is 4.65. The zero-order valence-electron chi connectivity index (χ0n) is 11.6. The topological polar surface area (TPSA) is 84.9 Å². The van der Waals surface area contributed by atoms with E-state index in [2.05, 4.69) is 5.32 Å². The van der Waals surface area contributed by atoms with Crippen LogP contribution in [-0.2, 0) is 9.59 Å². The summed E-state index contributed by atoms with van der Waals surface area (Å²) in [6.45, 7) is 1.84. The van der Waals surface area contributed by atoms with Crippen LogP contribution < -0.4 is 14.8 Å². The van der Waals surface area contributed by atoms with Crippen LogP contribution >= 0.6 is 11.8 Å². The molecule has 2 N–H and O–H groups in total. The highest BCUT2D eigenvalue weighted by atomic mass is 32.2. The zero-order chi connectivity index (χ0) is 15.1. The number of carbonyl (C=O) groups is 2. The fourth-order valence-electron chi connectivity index (χ4n) is 1.53. The number of thioether (sulfide) groups is 1. The number of nitrogens with one attached hydrogen (secondary N) is 1. The number of hydrogen-bond acceptors (Lipinski definition) is 5. The van der Waals surface area contributed by atoms with Crippen molar-refractivity contribution >= 4 is 29.3 Å². The van der Waals surface area contributed by atoms with Gasteiger partial charge in [0.1, 0.15) is 0 Å². The van der Waals surface area contributed by atoms with Crippen molar-refractivity contribution in [3.63, 3.8) is 0 Å². The maximum Gasteiger partial charge on any atom is 0.313 e. The molecule has 0 saturated carbocycles. The Balaban J connectivity index is 2.72. The molecule has 0 aromatic heterocycles. The third-order valence-electron chi connectivity index (χ3n) is 2.46. The van der Waals surface area contributed by atoms with E-state index in [1.54, 1.807) is 12.1 Å². The quantitative estimate of drug-likeness (QED) is 0.798. The summed E-state index contributed by atoms with van der Waals surface area (Å²) < 4.78 is 10.3. The first-order valence-electron chi connectivity index (χ1n) is 5.80. The lowest BCUT2D eigenvalue weighted by Crippen LogP contribution is -2.16. The van der Waals surface area contributed by atoms with E-state index in [0.29, 0.717) is 17.2 Å². The van der Waals surface area contributed by atoms with Crippen LogP contribution in [0.5, 0.6) is 11.5 Å². The molecule has 1 aromatic carbocycles. The minimum Gasteiger partial charge on any atom is -0.493 e. The summed E-state index contributed by atoms with van der Waals surface area (Å²) in [5, 5.41) is 11.2. The van der Waals surface area contributed by atoms with Crippen molar-refractivity contribution in [2.45, 2.75) is 6.92 Å². The van der Waals surface area contributed by atoms with Crippen LogP contribution in [0.15, 0.2) is 12.1 Å². The van der Waals surface area contributed by atoms with Crippen molar-refractivity contribution in [1.82, 2.24) is 0 Å². The molecule has 0 radical (unpaired) electrons. The van der Waals surface area contributed by atoms with Crippen molar-refractivity contribution in [1.29, 1.82) is 0 Å². The molecule has 1 aromatic rings. The van der Waals surface area contributed by atoms with Crippen molar-refractivity contribution in [3.05, 3.63) is 17.7 Å². The molecular weight excluding hydrogens is 282 g/mol. The third-order valence-corrected chi connectivity index (χ3v) is 3.38. The molecule has 0 unspecified atom stereocenters. The summed E-state index contributed by atoms with van der Waals surface area (Å²) in [5.74, 6) is -0.107. The van der Waals surface area contributed by atoms with Gasteiger partial charge in [-0.2, -0.15) is 0 Å². The number of carboxylic acids is 1. The molecule has 0 heterocycles. The summed E-state index contributed by atoms with van der Waals surface area (Å²) in [4.78, 5) is 22.1. The number of ether oxygens (including phenoxy) is 2. The van der Waals surface area contributed by atoms with E-state index >= 15 is 0 Å². The minimum atomic E-state index is -0.940. The second-order valence-corrected chi connectivity index (χ2v) is 4.94. The number of benzene rings is 1. The van der Waals surface area contributed by atoms with Gasteiger partial charge in [0, 0.05) is 11.8 Å². The average molecular weight is 299 g/mol. The monoisotopic (exact) mass is 299 g/mol. The van der Waals surface area contributed by atoms with Crippen molar-refractivity contribution in [2.75, 3.05) is 31.0 Å². The van der Waals surface area contributed by atoms with E-state index < -0.39 is 5.97 Å². The van der Waals surface area contributed by atoms with Gasteiger partial charge in [0.05, 0.1) is 25.7 Å². The SMILES string of the molecule is COc1cc(C)c(NC(=O)CSCC(=O)O)cc1OC. The highest BCUT2D eigenvalue weighted by Gasteiger charge is 2.11. The first kappa shape index (κ1) is 16.2. The Bertz CT molecular complexity index is 504. The lowest BCUT2D eigenvalue weighted by molar-refractivity contribution is -0.133. The van der Waals surface area contributed by atoms with Gasteiger partial charge in [-0.25, -0.2) is 0 Å². The molecule has 0 saturated heterocycles. The highest BCUT2D eigenvalue weighted by molar-refractivity contribution is 8.00. The molecule has 0 aliphatic heterocycles. The van der Waals surface area contributed by atoms with Gasteiger partial charge in [0.2, 0.25) is 5.91 Å². The Morgan fingerprint density at radius 3 is 2.35 bits per heavy atom. The van der Waals surface area contributed by atoms with Gasteiger partial charge in [-0.1, -0.05) is 0 Å². The summed E-state index contributed by atoms with van der Waals surface area (Å²) >= 11 is 1.04. The van der Waals surface area contributed by atoms with E-state index in [-0.39, 0.29) is 17.4 Å². The second kappa shape index (κ2) is 7.64. The van der Waals surface area contributed by atoms with E-state index in [1.807, 2.05) is 6.92 Å². The molecule has 0 bridgehead atoms. The number of amides is 1. The lowest BCUT2D eigenvalue weighted by Gasteiger charge is -2.13. The number of methoxy groups -OCH3 is 2. The molecule has 0 aliphatic rings. The van der Waals surface area contributed by atoms with Gasteiger partial charge in [0.15, 0.2) is 11.5 Å². The molecule has 6 nitrogen and oxygen atoms in total. The second-order valence-electron chi connectivity index (χ2n) is 3.96. The molecular formula is C13H17NO5S. The highest BCUT2D eigenvalue weighted by Crippen LogP contribution is 2.32. The van der Waals surface area contributed by atoms with Crippen LogP contribution in [0.2, 0.25) is 0 Å². The molecule has 0 atom stereocenters. The fourth-order valence-corrected chi connectivity index (χ4v) is 2.07. The van der Waals surface area contributed by atoms with Crippen molar-refractivity contribution in [2.24, 2.45) is 0 Å². The standard InChI is InChI=1S/C13H17NO5S/c1-8-4-10(18-2)11(19-3)5-9(8)14-12(15)6-20-7-13(16)17/h4-5H,6-7H2,1-3H3,(H,14,15)(H,16,17). The first-order valence-corrected chi connectivity index (χ1v) is 6.95. The van der Waals surface area contributed by atoms with Gasteiger partial charge < -0.3 is 19.9 Å². The Morgan fingerprint density at radius 1 is 1.20 bits per heavy atom. The Hall–Kier alpha value is -1.89. The Labute approximate surface area is 121 Å². The number of rotatable bonds is 7. The van der Waals surface area contributed by atoms with Crippen LogP contribution in [-0.4, -0.2) is 42.7 Å². The maximum absolute atomic E-state index is 11.7. The summed E-state index contributed by atoms with van der Waals surface area (Å²) in [6.07, 6.45) is 0. The van der Waals surface area contributed by atoms with Crippen molar-refractivity contribution < 1.29 is 24.2 Å². The number of aryl methyl sites for hydroxylation is 1. The fraction of sp³-hybridized carbons (Fsp3) is 0.385. The molecule has 1 amide bonds. The minimum absolute atomic E-state index is 0.0834. The first-order chi connectivity index (χ1) is 9.47. The molecule has 1 rings (SSSR count). The van der Waals surface area contributed by atoms with Crippen LogP contribution in [0.4, 0.5) is 5.69 Å². The summed E-state index contributed by atoms with van der Waals surface area (Å²) in [7, 11) is 3.06. The van der Waals surface area contributed by atoms with Crippen LogP contribution in [0.25, 0.3) is 0 Å². The molecule has 7 heteroatoms. The maximum atomic E-state index is 11.7. The van der Waals surface area contributed by atoms with Gasteiger partial charge in [-0.3, -0.25) is 9.59 Å². The van der Waals surface area contributed by atoms with Crippen LogP contribution in [0.3, 0.4) is 0 Å². The van der Waals surface area contributed by atoms with Gasteiger partial charge in [-0.05, 0) is 18.6 Å². The summed E-state index contributed by atoms with van der Waals surface area (Å²) in [6, 6.07) is 3.44. The predicted octanol–water partition coefficient (Wildman–Crippen LogP) is 1.77. The summed E-state index contributed by atoms with van der Waals surface area (Å²) in [5.41, 5.74) is 1.45. The average Bonchev–Trinajstić information content (AvgIpc) is 2.40. The molecule has 110 valence electrons. The Kier molecular flexibility index (Phi) is 6.17. The largest absolute Gasteiger partial charge is 0.493 e. The van der Waals surface area contributed by atoms with Gasteiger partial charge >= 0.3 is 5.97 Å². The van der Waals surface area contributed by atoms with Gasteiger partial charge in [-0.15, -0.1) is 11.8 Å². The number of anilines is 1. The normalized spacial score (nSPS) is 9.95. The van der Waals surface area contributed by atoms with Crippen LogP contribution in [0, 0.1) is 6.92 Å².